The van der Waals surface area contributed by atoms with E-state index in [2.05, 4.69) is 10.6 Å². The monoisotopic (exact) mass is 413 g/mol. The Morgan fingerprint density at radius 3 is 2.20 bits per heavy atom. The maximum absolute atomic E-state index is 12.5. The van der Waals surface area contributed by atoms with Crippen molar-refractivity contribution in [1.29, 1.82) is 0 Å². The van der Waals surface area contributed by atoms with Crippen LogP contribution < -0.4 is 15.4 Å². The average Bonchev–Trinajstić information content (AvgIpc) is 2.73. The van der Waals surface area contributed by atoms with Crippen molar-refractivity contribution in [2.24, 2.45) is 0 Å². The van der Waals surface area contributed by atoms with Crippen LogP contribution in [0.2, 0.25) is 0 Å². The van der Waals surface area contributed by atoms with E-state index in [4.69, 9.17) is 9.84 Å². The predicted octanol–water partition coefficient (Wildman–Crippen LogP) is 1.96. The topological polar surface area (TPSA) is 148 Å². The Morgan fingerprint density at radius 2 is 1.70 bits per heavy atom. The van der Waals surface area contributed by atoms with Gasteiger partial charge in [0.05, 0.1) is 12.0 Å². The molecule has 10 heteroatoms. The van der Waals surface area contributed by atoms with Gasteiger partial charge in [0.2, 0.25) is 0 Å². The van der Waals surface area contributed by atoms with Gasteiger partial charge in [0.15, 0.2) is 0 Å². The standard InChI is InChI=1S/C20H19N3O7/c1-12(20(26)27)21-19(25)17(11-13-3-7-15(8-4-13)23(28)29)22-18(24)14-5-9-16(30-2)10-6-14/h3-12H,1-2H3,(H,21,25)(H,22,24)(H,26,27)/b17-11-/t12-/m1/s1. The molecule has 0 heterocycles. The number of rotatable bonds is 8. The van der Waals surface area contributed by atoms with E-state index in [1.165, 1.54) is 56.5 Å². The van der Waals surface area contributed by atoms with Crippen molar-refractivity contribution in [3.8, 4) is 5.75 Å². The van der Waals surface area contributed by atoms with E-state index < -0.39 is 28.7 Å². The van der Waals surface area contributed by atoms with Crippen LogP contribution in [-0.4, -0.2) is 41.0 Å². The largest absolute Gasteiger partial charge is 0.497 e. The molecule has 1 atom stereocenters. The van der Waals surface area contributed by atoms with Crippen LogP contribution in [0.15, 0.2) is 54.2 Å². The van der Waals surface area contributed by atoms with Gasteiger partial charge in [-0.1, -0.05) is 0 Å². The average molecular weight is 413 g/mol. The molecule has 0 aliphatic carbocycles. The lowest BCUT2D eigenvalue weighted by molar-refractivity contribution is -0.384. The molecule has 0 spiro atoms. The highest BCUT2D eigenvalue weighted by atomic mass is 16.6. The van der Waals surface area contributed by atoms with Gasteiger partial charge in [-0.15, -0.1) is 0 Å². The van der Waals surface area contributed by atoms with Crippen molar-refractivity contribution in [1.82, 2.24) is 10.6 Å². The van der Waals surface area contributed by atoms with Gasteiger partial charge in [0.25, 0.3) is 17.5 Å². The van der Waals surface area contributed by atoms with Gasteiger partial charge < -0.3 is 20.5 Å². The molecule has 2 rings (SSSR count). The minimum Gasteiger partial charge on any atom is -0.497 e. The number of nitro groups is 1. The number of non-ortho nitro benzene ring substituents is 1. The van der Waals surface area contributed by atoms with Crippen LogP contribution in [0, 0.1) is 10.1 Å². The highest BCUT2D eigenvalue weighted by Gasteiger charge is 2.20. The van der Waals surface area contributed by atoms with E-state index in [9.17, 15) is 24.5 Å². The number of nitrogens with zero attached hydrogens (tertiary/aromatic N) is 1. The zero-order valence-corrected chi connectivity index (χ0v) is 16.1. The molecule has 0 aliphatic rings. The number of nitro benzene ring substituents is 1. The molecule has 2 aromatic rings. The smallest absolute Gasteiger partial charge is 0.325 e. The first-order valence-electron chi connectivity index (χ1n) is 8.66. The molecule has 0 fully saturated rings. The number of carboxylic acid groups (broad SMARTS) is 1. The summed E-state index contributed by atoms with van der Waals surface area (Å²) in [5.74, 6) is -2.14. The molecular formula is C20H19N3O7. The summed E-state index contributed by atoms with van der Waals surface area (Å²) in [6.07, 6.45) is 1.29. The molecule has 0 saturated carbocycles. The fourth-order valence-electron chi connectivity index (χ4n) is 2.29. The van der Waals surface area contributed by atoms with Crippen molar-refractivity contribution in [2.75, 3.05) is 7.11 Å². The van der Waals surface area contributed by atoms with Gasteiger partial charge in [-0.05, 0) is 55.0 Å². The number of ether oxygens (including phenoxy) is 1. The van der Waals surface area contributed by atoms with Crippen molar-refractivity contribution in [3.05, 3.63) is 75.5 Å². The first-order chi connectivity index (χ1) is 14.2. The van der Waals surface area contributed by atoms with Gasteiger partial charge in [0, 0.05) is 17.7 Å². The number of benzene rings is 2. The van der Waals surface area contributed by atoms with Gasteiger partial charge in [-0.2, -0.15) is 0 Å². The van der Waals surface area contributed by atoms with E-state index in [0.29, 0.717) is 11.3 Å². The van der Waals surface area contributed by atoms with Gasteiger partial charge in [0.1, 0.15) is 17.5 Å². The zero-order valence-electron chi connectivity index (χ0n) is 16.1. The number of amides is 2. The van der Waals surface area contributed by atoms with Crippen LogP contribution in [-0.2, 0) is 9.59 Å². The number of hydrogen-bond acceptors (Lipinski definition) is 6. The molecule has 0 radical (unpaired) electrons. The number of carboxylic acids is 1. The fraction of sp³-hybridized carbons (Fsp3) is 0.150. The molecule has 0 unspecified atom stereocenters. The van der Waals surface area contributed by atoms with Crippen LogP contribution >= 0.6 is 0 Å². The second-order valence-corrected chi connectivity index (χ2v) is 6.12. The molecule has 2 aromatic carbocycles. The van der Waals surface area contributed by atoms with E-state index in [-0.39, 0.29) is 16.9 Å². The summed E-state index contributed by atoms with van der Waals surface area (Å²) in [6, 6.07) is 10.2. The van der Waals surface area contributed by atoms with Crippen molar-refractivity contribution < 1.29 is 29.2 Å². The SMILES string of the molecule is COc1ccc(C(=O)N/C(=C\c2ccc([N+](=O)[O-])cc2)C(=O)N[C@H](C)C(=O)O)cc1. The summed E-state index contributed by atoms with van der Waals surface area (Å²) < 4.78 is 5.03. The predicted molar refractivity (Wildman–Crippen MR) is 107 cm³/mol. The molecular weight excluding hydrogens is 394 g/mol. The fourth-order valence-corrected chi connectivity index (χ4v) is 2.29. The van der Waals surface area contributed by atoms with Gasteiger partial charge in [-0.25, -0.2) is 0 Å². The van der Waals surface area contributed by atoms with E-state index in [1.54, 1.807) is 12.1 Å². The Hall–Kier alpha value is -4.21. The van der Waals surface area contributed by atoms with E-state index in [0.717, 1.165) is 0 Å². The summed E-state index contributed by atoms with van der Waals surface area (Å²) in [5.41, 5.74) is 0.269. The lowest BCUT2D eigenvalue weighted by Gasteiger charge is -2.13. The normalized spacial score (nSPS) is 11.9. The maximum atomic E-state index is 12.5. The molecule has 2 amide bonds. The lowest BCUT2D eigenvalue weighted by Crippen LogP contribution is -2.42. The quantitative estimate of drug-likeness (QED) is 0.340. The highest BCUT2D eigenvalue weighted by Crippen LogP contribution is 2.15. The minimum absolute atomic E-state index is 0.139. The van der Waals surface area contributed by atoms with Crippen molar-refractivity contribution >= 4 is 29.5 Å². The van der Waals surface area contributed by atoms with Crippen LogP contribution in [0.1, 0.15) is 22.8 Å². The molecule has 156 valence electrons. The third-order valence-corrected chi connectivity index (χ3v) is 3.98. The maximum Gasteiger partial charge on any atom is 0.325 e. The zero-order chi connectivity index (χ0) is 22.3. The Morgan fingerprint density at radius 1 is 1.10 bits per heavy atom. The third-order valence-electron chi connectivity index (χ3n) is 3.98. The van der Waals surface area contributed by atoms with Gasteiger partial charge in [-0.3, -0.25) is 24.5 Å². The summed E-state index contributed by atoms with van der Waals surface area (Å²) in [7, 11) is 1.48. The minimum atomic E-state index is -1.25. The third kappa shape index (κ3) is 5.89. The lowest BCUT2D eigenvalue weighted by atomic mass is 10.1. The first kappa shape index (κ1) is 22.1. The number of aliphatic carboxylic acids is 1. The molecule has 10 nitrogen and oxygen atoms in total. The van der Waals surface area contributed by atoms with Crippen LogP contribution in [0.3, 0.4) is 0 Å². The Labute approximate surface area is 171 Å². The molecule has 0 saturated heterocycles. The number of nitrogens with one attached hydrogen (secondary N) is 2. The Balaban J connectivity index is 2.31. The van der Waals surface area contributed by atoms with Crippen LogP contribution in [0.5, 0.6) is 5.75 Å². The van der Waals surface area contributed by atoms with Crippen molar-refractivity contribution in [2.45, 2.75) is 13.0 Å². The van der Waals surface area contributed by atoms with Gasteiger partial charge >= 0.3 is 5.97 Å². The number of carbonyl (C=O) groups excluding carboxylic acids is 2. The molecule has 0 aliphatic heterocycles. The number of carbonyl (C=O) groups is 3. The van der Waals surface area contributed by atoms with Crippen LogP contribution in [0.25, 0.3) is 6.08 Å². The number of hydrogen-bond donors (Lipinski definition) is 3. The van der Waals surface area contributed by atoms with Crippen LogP contribution in [0.4, 0.5) is 5.69 Å². The summed E-state index contributed by atoms with van der Waals surface area (Å²) in [4.78, 5) is 46.3. The Bertz CT molecular complexity index is 982. The second kappa shape index (κ2) is 9.82. The van der Waals surface area contributed by atoms with E-state index in [1.807, 2.05) is 0 Å². The Kier molecular flexibility index (Phi) is 7.23. The first-order valence-corrected chi connectivity index (χ1v) is 8.66. The molecule has 0 aromatic heterocycles. The van der Waals surface area contributed by atoms with E-state index >= 15 is 0 Å². The highest BCUT2D eigenvalue weighted by molar-refractivity contribution is 6.06. The molecule has 3 N–H and O–H groups in total. The summed E-state index contributed by atoms with van der Waals surface area (Å²) >= 11 is 0. The summed E-state index contributed by atoms with van der Waals surface area (Å²) in [6.45, 7) is 1.27. The summed E-state index contributed by atoms with van der Waals surface area (Å²) in [5, 5.41) is 24.5. The molecule has 30 heavy (non-hydrogen) atoms. The number of methoxy groups -OCH3 is 1. The van der Waals surface area contributed by atoms with Crippen molar-refractivity contribution in [3.63, 3.8) is 0 Å². The second-order valence-electron chi connectivity index (χ2n) is 6.12. The molecule has 0 bridgehead atoms.